The van der Waals surface area contributed by atoms with Gasteiger partial charge in [-0.3, -0.25) is 19.7 Å². The number of alkyl halides is 3. The largest absolute Gasteiger partial charge is 0.497 e. The zero-order valence-corrected chi connectivity index (χ0v) is 31.2. The molecule has 0 aliphatic rings. The molecule has 10 nitrogen and oxygen atoms in total. The van der Waals surface area contributed by atoms with Crippen LogP contribution < -0.4 is 26.0 Å². The van der Waals surface area contributed by atoms with Gasteiger partial charge in [-0.15, -0.1) is 0 Å². The number of nitriles is 1. The first kappa shape index (κ1) is 48.6. The lowest BCUT2D eigenvalue weighted by Gasteiger charge is -2.21. The summed E-state index contributed by atoms with van der Waals surface area (Å²) in [5, 5.41) is 26.7. The zero-order chi connectivity index (χ0) is 39.8. The standard InChI is InChI=1S/C16H21F4N3O3.C11H16O.C8H12N2O.C2H6/c1-9-3-4-11(12(17)5-9)6-21-13(25)7-22-15(26)14(10(2)24)23-8-16(18,19)20;1-3-4-6-10-7-5-8-11(9-10)12-2;1-6(5-9)7(11)10-8(2,3)4;1-2/h3-5,10,14,23-24H,6-8H2,1-2H3,(H,21,25)(H,22,26);5,7-9H,3-4,6H2,1-2H3;1H2,2-4H3,(H,10,11);1-2H3/t10-,14+;;;/m1.../s1. The highest BCUT2D eigenvalue weighted by molar-refractivity contribution is 5.96. The molecule has 0 unspecified atom stereocenters. The number of hydrogen-bond donors (Lipinski definition) is 5. The number of methoxy groups -OCH3 is 1. The van der Waals surface area contributed by atoms with Crippen molar-refractivity contribution in [1.82, 2.24) is 21.3 Å². The Bertz CT molecular complexity index is 1400. The van der Waals surface area contributed by atoms with Crippen molar-refractivity contribution < 1.29 is 41.8 Å². The number of amides is 3. The van der Waals surface area contributed by atoms with Crippen LogP contribution in [0.2, 0.25) is 0 Å². The van der Waals surface area contributed by atoms with Crippen molar-refractivity contribution in [3.8, 4) is 11.8 Å². The van der Waals surface area contributed by atoms with Crippen molar-refractivity contribution >= 4 is 17.7 Å². The highest BCUT2D eigenvalue weighted by atomic mass is 19.4. The predicted molar refractivity (Wildman–Crippen MR) is 191 cm³/mol. The third-order valence-electron chi connectivity index (χ3n) is 6.25. The minimum absolute atomic E-state index is 0.0556. The van der Waals surface area contributed by atoms with E-state index in [9.17, 15) is 37.1 Å². The minimum Gasteiger partial charge on any atom is -0.497 e. The molecule has 0 aliphatic heterocycles. The number of halogens is 4. The van der Waals surface area contributed by atoms with Crippen LogP contribution in [-0.2, 0) is 27.3 Å². The fourth-order valence-corrected chi connectivity index (χ4v) is 3.71. The number of carbonyl (C=O) groups excluding carboxylic acids is 3. The molecule has 3 amide bonds. The topological polar surface area (TPSA) is 153 Å². The van der Waals surface area contributed by atoms with Gasteiger partial charge in [0.25, 0.3) is 5.91 Å². The summed E-state index contributed by atoms with van der Waals surface area (Å²) in [5.41, 5.74) is 1.98. The molecule has 0 saturated heterocycles. The maximum absolute atomic E-state index is 13.6. The third-order valence-corrected chi connectivity index (χ3v) is 6.25. The first-order chi connectivity index (χ1) is 23.7. The van der Waals surface area contributed by atoms with E-state index in [4.69, 9.17) is 10.00 Å². The maximum Gasteiger partial charge on any atom is 0.401 e. The molecule has 2 atom stereocenters. The second-order valence-corrected chi connectivity index (χ2v) is 12.1. The van der Waals surface area contributed by atoms with Crippen molar-refractivity contribution in [3.05, 3.63) is 77.1 Å². The Morgan fingerprint density at radius 3 is 2.18 bits per heavy atom. The van der Waals surface area contributed by atoms with Crippen LogP contribution in [-0.4, -0.2) is 66.9 Å². The molecular formula is C37H55F4N5O5. The number of aliphatic hydroxyl groups excluding tert-OH is 1. The predicted octanol–water partition coefficient (Wildman–Crippen LogP) is 5.81. The van der Waals surface area contributed by atoms with Gasteiger partial charge in [-0.2, -0.15) is 18.4 Å². The van der Waals surface area contributed by atoms with Crippen molar-refractivity contribution in [3.63, 3.8) is 0 Å². The smallest absolute Gasteiger partial charge is 0.401 e. The zero-order valence-electron chi connectivity index (χ0n) is 31.2. The highest BCUT2D eigenvalue weighted by Gasteiger charge is 2.32. The molecule has 0 spiro atoms. The van der Waals surface area contributed by atoms with Crippen LogP contribution >= 0.6 is 0 Å². The van der Waals surface area contributed by atoms with Gasteiger partial charge in [-0.25, -0.2) is 4.39 Å². The van der Waals surface area contributed by atoms with Gasteiger partial charge in [0.05, 0.1) is 26.3 Å². The normalized spacial score (nSPS) is 11.6. The summed E-state index contributed by atoms with van der Waals surface area (Å²) in [4.78, 5) is 34.5. The Morgan fingerprint density at radius 1 is 1.06 bits per heavy atom. The quantitative estimate of drug-likeness (QED) is 0.0993. The average Bonchev–Trinajstić information content (AvgIpc) is 3.05. The molecule has 0 heterocycles. The number of aliphatic hydroxyl groups is 1. The summed E-state index contributed by atoms with van der Waals surface area (Å²) in [6.07, 6.45) is -2.29. The van der Waals surface area contributed by atoms with Crippen molar-refractivity contribution in [1.29, 1.82) is 5.26 Å². The van der Waals surface area contributed by atoms with Gasteiger partial charge in [-0.1, -0.05) is 58.0 Å². The molecule has 2 aromatic carbocycles. The van der Waals surface area contributed by atoms with E-state index in [1.807, 2.05) is 52.1 Å². The molecule has 0 bridgehead atoms. The number of aryl methyl sites for hydroxylation is 2. The van der Waals surface area contributed by atoms with Crippen LogP contribution in [0.5, 0.6) is 5.75 Å². The number of benzene rings is 2. The second-order valence-electron chi connectivity index (χ2n) is 12.1. The highest BCUT2D eigenvalue weighted by Crippen LogP contribution is 2.15. The van der Waals surface area contributed by atoms with E-state index in [-0.39, 0.29) is 23.2 Å². The van der Waals surface area contributed by atoms with Gasteiger partial charge >= 0.3 is 6.18 Å². The van der Waals surface area contributed by atoms with Crippen molar-refractivity contribution in [2.45, 2.75) is 105 Å². The van der Waals surface area contributed by atoms with Crippen molar-refractivity contribution in [2.75, 3.05) is 20.2 Å². The number of ether oxygens (including phenoxy) is 1. The number of carbonyl (C=O) groups is 3. The van der Waals surface area contributed by atoms with E-state index in [0.717, 1.165) is 24.7 Å². The Kier molecular flexibility index (Phi) is 24.3. The SMILES string of the molecule is C=C(C#N)C(=O)NC(C)(C)C.CC.CCCCc1cccc(OC)c1.Cc1ccc(CNC(=O)CNC(=O)[C@@H](NCC(F)(F)F)[C@@H](C)O)c(F)c1. The number of unbranched alkanes of at least 4 members (excludes halogenated alkanes) is 1. The monoisotopic (exact) mass is 725 g/mol. The average molecular weight is 726 g/mol. The summed E-state index contributed by atoms with van der Waals surface area (Å²) >= 11 is 0. The lowest BCUT2D eigenvalue weighted by atomic mass is 10.1. The van der Waals surface area contributed by atoms with Gasteiger partial charge in [0.15, 0.2) is 0 Å². The number of hydrogen-bond acceptors (Lipinski definition) is 7. The maximum atomic E-state index is 13.6. The van der Waals surface area contributed by atoms with Crippen LogP contribution in [0.3, 0.4) is 0 Å². The minimum atomic E-state index is -4.55. The fraction of sp³-hybridized carbons (Fsp3) is 0.514. The molecule has 286 valence electrons. The van der Waals surface area contributed by atoms with E-state index < -0.39 is 55.0 Å². The van der Waals surface area contributed by atoms with E-state index in [2.05, 4.69) is 41.6 Å². The molecule has 14 heteroatoms. The first-order valence-corrected chi connectivity index (χ1v) is 16.5. The Morgan fingerprint density at radius 2 is 1.69 bits per heavy atom. The van der Waals surface area contributed by atoms with Gasteiger partial charge < -0.3 is 25.8 Å². The number of rotatable bonds is 13. The Balaban J connectivity index is 0. The summed E-state index contributed by atoms with van der Waals surface area (Å²) < 4.78 is 55.4. The van der Waals surface area contributed by atoms with Gasteiger partial charge in [0, 0.05) is 17.6 Å². The molecule has 2 rings (SSSR count). The molecule has 0 radical (unpaired) electrons. The second kappa shape index (κ2) is 25.5. The Hall–Kier alpha value is -4.48. The van der Waals surface area contributed by atoms with E-state index in [1.165, 1.54) is 30.5 Å². The van der Waals surface area contributed by atoms with E-state index in [1.54, 1.807) is 26.2 Å². The summed E-state index contributed by atoms with van der Waals surface area (Å²) in [5.74, 6) is -1.54. The van der Waals surface area contributed by atoms with Gasteiger partial charge in [0.2, 0.25) is 11.8 Å². The Labute approximate surface area is 300 Å². The lowest BCUT2D eigenvalue weighted by molar-refractivity contribution is -0.136. The van der Waals surface area contributed by atoms with Crippen molar-refractivity contribution in [2.24, 2.45) is 0 Å². The molecular weight excluding hydrogens is 670 g/mol. The molecule has 0 aromatic heterocycles. The number of nitrogens with zero attached hydrogens (tertiary/aromatic N) is 1. The van der Waals surface area contributed by atoms with E-state index in [0.29, 0.717) is 0 Å². The molecule has 51 heavy (non-hydrogen) atoms. The van der Waals surface area contributed by atoms with E-state index >= 15 is 0 Å². The molecule has 0 aliphatic carbocycles. The summed E-state index contributed by atoms with van der Waals surface area (Å²) in [6.45, 7) is 15.8. The van der Waals surface area contributed by atoms with Crippen LogP contribution in [0, 0.1) is 24.1 Å². The third kappa shape index (κ3) is 24.3. The van der Waals surface area contributed by atoms with Crippen LogP contribution in [0.1, 0.15) is 78.0 Å². The fourth-order valence-electron chi connectivity index (χ4n) is 3.71. The van der Waals surface area contributed by atoms with Crippen LogP contribution in [0.15, 0.2) is 54.6 Å². The summed E-state index contributed by atoms with van der Waals surface area (Å²) in [6, 6.07) is 12.9. The lowest BCUT2D eigenvalue weighted by Crippen LogP contribution is -2.53. The molecule has 2 aromatic rings. The van der Waals surface area contributed by atoms with Gasteiger partial charge in [0.1, 0.15) is 29.3 Å². The van der Waals surface area contributed by atoms with Gasteiger partial charge in [-0.05, 0) is 76.8 Å². The first-order valence-electron chi connectivity index (χ1n) is 16.5. The van der Waals surface area contributed by atoms with Crippen LogP contribution in [0.25, 0.3) is 0 Å². The van der Waals surface area contributed by atoms with Crippen LogP contribution in [0.4, 0.5) is 17.6 Å². The number of nitrogens with one attached hydrogen (secondary N) is 4. The molecule has 0 fully saturated rings. The molecule has 0 saturated carbocycles. The summed E-state index contributed by atoms with van der Waals surface area (Å²) in [7, 11) is 1.71. The molecule has 5 N–H and O–H groups in total.